The standard InChI is InChI=1S/C13H15N3O2/c1-16(2)13(12(17)18)14-9-8-11(15-13)10-6-4-3-5-7-10/h3-9,14H,1-2H3,(H,17,18). The SMILES string of the molecule is CN(C)C1(C(=O)O)N=C(c2ccccc2)C=CN1. The van der Waals surface area contributed by atoms with E-state index in [1.165, 1.54) is 4.90 Å². The fourth-order valence-corrected chi connectivity index (χ4v) is 1.78. The fourth-order valence-electron chi connectivity index (χ4n) is 1.78. The minimum Gasteiger partial charge on any atom is -0.477 e. The first kappa shape index (κ1) is 12.3. The highest BCUT2D eigenvalue weighted by molar-refractivity contribution is 6.10. The van der Waals surface area contributed by atoms with Crippen LogP contribution in [0.5, 0.6) is 0 Å². The van der Waals surface area contributed by atoms with Crippen LogP contribution in [0.25, 0.3) is 0 Å². The van der Waals surface area contributed by atoms with E-state index in [0.29, 0.717) is 5.71 Å². The van der Waals surface area contributed by atoms with E-state index in [4.69, 9.17) is 0 Å². The topological polar surface area (TPSA) is 64.9 Å². The van der Waals surface area contributed by atoms with Crippen LogP contribution >= 0.6 is 0 Å². The van der Waals surface area contributed by atoms with Crippen LogP contribution in [0.15, 0.2) is 47.6 Å². The van der Waals surface area contributed by atoms with Crippen LogP contribution in [0.4, 0.5) is 0 Å². The van der Waals surface area contributed by atoms with E-state index in [1.807, 2.05) is 30.3 Å². The van der Waals surface area contributed by atoms with Gasteiger partial charge in [0.15, 0.2) is 0 Å². The smallest absolute Gasteiger partial charge is 0.369 e. The van der Waals surface area contributed by atoms with Gasteiger partial charge in [-0.1, -0.05) is 30.3 Å². The second kappa shape index (κ2) is 4.62. The molecule has 0 saturated carbocycles. The second-order valence-corrected chi connectivity index (χ2v) is 4.21. The molecule has 2 N–H and O–H groups in total. The van der Waals surface area contributed by atoms with Crippen molar-refractivity contribution < 1.29 is 9.90 Å². The Bertz CT molecular complexity index is 508. The van der Waals surface area contributed by atoms with Gasteiger partial charge in [0.05, 0.1) is 5.71 Å². The van der Waals surface area contributed by atoms with Gasteiger partial charge in [0.1, 0.15) is 0 Å². The maximum Gasteiger partial charge on any atom is 0.369 e. The summed E-state index contributed by atoms with van der Waals surface area (Å²) in [5.74, 6) is -2.48. The highest BCUT2D eigenvalue weighted by atomic mass is 16.4. The first-order valence-electron chi connectivity index (χ1n) is 5.56. The summed E-state index contributed by atoms with van der Waals surface area (Å²) in [5, 5.41) is 12.2. The summed E-state index contributed by atoms with van der Waals surface area (Å²) in [4.78, 5) is 17.3. The molecule has 5 heteroatoms. The lowest BCUT2D eigenvalue weighted by Crippen LogP contribution is -2.60. The zero-order valence-corrected chi connectivity index (χ0v) is 10.3. The Morgan fingerprint density at radius 2 is 2.00 bits per heavy atom. The van der Waals surface area contributed by atoms with Crippen molar-refractivity contribution in [1.29, 1.82) is 0 Å². The molecular weight excluding hydrogens is 230 g/mol. The molecule has 18 heavy (non-hydrogen) atoms. The van der Waals surface area contributed by atoms with E-state index in [0.717, 1.165) is 5.56 Å². The van der Waals surface area contributed by atoms with E-state index in [-0.39, 0.29) is 0 Å². The normalized spacial score (nSPS) is 22.5. The lowest BCUT2D eigenvalue weighted by Gasteiger charge is -2.34. The van der Waals surface area contributed by atoms with Gasteiger partial charge < -0.3 is 10.4 Å². The Kier molecular flexibility index (Phi) is 3.16. The van der Waals surface area contributed by atoms with Crippen LogP contribution in [0.1, 0.15) is 5.56 Å². The summed E-state index contributed by atoms with van der Waals surface area (Å²) in [5.41, 5.74) is 1.54. The quantitative estimate of drug-likeness (QED) is 0.830. The first-order chi connectivity index (χ1) is 8.56. The Balaban J connectivity index is 2.47. The summed E-state index contributed by atoms with van der Waals surface area (Å²) in [6.07, 6.45) is 3.38. The third-order valence-electron chi connectivity index (χ3n) is 2.82. The minimum absolute atomic E-state index is 0.644. The number of nitrogens with one attached hydrogen (secondary N) is 1. The van der Waals surface area contributed by atoms with Gasteiger partial charge in [-0.25, -0.2) is 9.79 Å². The molecule has 1 aliphatic heterocycles. The van der Waals surface area contributed by atoms with Crippen LogP contribution in [0.2, 0.25) is 0 Å². The van der Waals surface area contributed by atoms with Crippen LogP contribution in [-0.4, -0.2) is 41.6 Å². The van der Waals surface area contributed by atoms with Gasteiger partial charge >= 0.3 is 5.97 Å². The molecule has 1 aromatic carbocycles. The minimum atomic E-state index is -1.44. The van der Waals surface area contributed by atoms with Gasteiger partial charge in [-0.3, -0.25) is 4.90 Å². The molecule has 0 bridgehead atoms. The lowest BCUT2D eigenvalue weighted by atomic mass is 10.1. The van der Waals surface area contributed by atoms with E-state index < -0.39 is 11.8 Å². The maximum atomic E-state index is 11.4. The van der Waals surface area contributed by atoms with Crippen molar-refractivity contribution in [2.45, 2.75) is 5.79 Å². The number of carboxylic acids is 1. The van der Waals surface area contributed by atoms with Crippen LogP contribution in [0, 0.1) is 0 Å². The number of carbonyl (C=O) groups is 1. The Labute approximate surface area is 105 Å². The zero-order chi connectivity index (χ0) is 13.2. The van der Waals surface area contributed by atoms with Crippen molar-refractivity contribution in [1.82, 2.24) is 10.2 Å². The summed E-state index contributed by atoms with van der Waals surface area (Å²) >= 11 is 0. The number of aliphatic carboxylic acids is 1. The van der Waals surface area contributed by atoms with Gasteiger partial charge in [-0.05, 0) is 25.7 Å². The summed E-state index contributed by atoms with van der Waals surface area (Å²) in [6.45, 7) is 0. The van der Waals surface area contributed by atoms with Crippen molar-refractivity contribution in [3.8, 4) is 0 Å². The number of likely N-dealkylation sites (N-methyl/N-ethyl adjacent to an activating group) is 1. The molecule has 94 valence electrons. The molecule has 1 atom stereocenters. The van der Waals surface area contributed by atoms with Gasteiger partial charge in [-0.15, -0.1) is 0 Å². The molecule has 1 aromatic rings. The Hall–Kier alpha value is -2.14. The Morgan fingerprint density at radius 3 is 2.56 bits per heavy atom. The highest BCUT2D eigenvalue weighted by Crippen LogP contribution is 2.17. The monoisotopic (exact) mass is 245 g/mol. The number of nitrogens with zero attached hydrogens (tertiary/aromatic N) is 2. The molecule has 0 radical (unpaired) electrons. The van der Waals surface area contributed by atoms with E-state index >= 15 is 0 Å². The van der Waals surface area contributed by atoms with Crippen molar-refractivity contribution in [3.05, 3.63) is 48.2 Å². The number of benzene rings is 1. The Morgan fingerprint density at radius 1 is 1.33 bits per heavy atom. The van der Waals surface area contributed by atoms with E-state index in [9.17, 15) is 9.90 Å². The van der Waals surface area contributed by atoms with Crippen LogP contribution < -0.4 is 5.32 Å². The fraction of sp³-hybridized carbons (Fsp3) is 0.231. The van der Waals surface area contributed by atoms with Gasteiger partial charge in [0, 0.05) is 6.20 Å². The average molecular weight is 245 g/mol. The lowest BCUT2D eigenvalue weighted by molar-refractivity contribution is -0.151. The number of aliphatic imine (C=N–C) groups is 1. The summed E-state index contributed by atoms with van der Waals surface area (Å²) < 4.78 is 0. The molecule has 1 unspecified atom stereocenters. The predicted octanol–water partition coefficient (Wildman–Crippen LogP) is 0.893. The number of hydrogen-bond acceptors (Lipinski definition) is 4. The van der Waals surface area contributed by atoms with E-state index in [2.05, 4.69) is 10.3 Å². The molecule has 0 spiro atoms. The number of rotatable bonds is 3. The summed E-state index contributed by atoms with van der Waals surface area (Å²) in [6, 6.07) is 9.50. The molecule has 1 heterocycles. The third kappa shape index (κ3) is 2.00. The van der Waals surface area contributed by atoms with Gasteiger partial charge in [-0.2, -0.15) is 0 Å². The largest absolute Gasteiger partial charge is 0.477 e. The number of carboxylic acid groups (broad SMARTS) is 1. The van der Waals surface area contributed by atoms with Crippen molar-refractivity contribution in [2.75, 3.05) is 14.1 Å². The first-order valence-corrected chi connectivity index (χ1v) is 5.56. The average Bonchev–Trinajstić information content (AvgIpc) is 2.39. The molecule has 0 aliphatic carbocycles. The third-order valence-corrected chi connectivity index (χ3v) is 2.82. The molecule has 1 aliphatic rings. The molecule has 0 amide bonds. The molecule has 5 nitrogen and oxygen atoms in total. The van der Waals surface area contributed by atoms with Gasteiger partial charge in [0.25, 0.3) is 5.79 Å². The van der Waals surface area contributed by atoms with Crippen molar-refractivity contribution in [2.24, 2.45) is 4.99 Å². The second-order valence-electron chi connectivity index (χ2n) is 4.21. The molecule has 0 aromatic heterocycles. The molecular formula is C13H15N3O2. The predicted molar refractivity (Wildman–Crippen MR) is 69.3 cm³/mol. The van der Waals surface area contributed by atoms with Crippen LogP contribution in [0.3, 0.4) is 0 Å². The van der Waals surface area contributed by atoms with Crippen molar-refractivity contribution in [3.63, 3.8) is 0 Å². The van der Waals surface area contributed by atoms with Crippen molar-refractivity contribution >= 4 is 11.7 Å². The molecule has 0 fully saturated rings. The number of hydrogen-bond donors (Lipinski definition) is 2. The summed E-state index contributed by atoms with van der Waals surface area (Å²) in [7, 11) is 3.35. The molecule has 2 rings (SSSR count). The molecule has 0 saturated heterocycles. The zero-order valence-electron chi connectivity index (χ0n) is 10.3. The van der Waals surface area contributed by atoms with Crippen LogP contribution in [-0.2, 0) is 4.79 Å². The van der Waals surface area contributed by atoms with E-state index in [1.54, 1.807) is 26.4 Å². The van der Waals surface area contributed by atoms with Gasteiger partial charge in [0.2, 0.25) is 0 Å². The maximum absolute atomic E-state index is 11.4. The highest BCUT2D eigenvalue weighted by Gasteiger charge is 2.41. The number of allylic oxidation sites excluding steroid dienone is 1.